The van der Waals surface area contributed by atoms with Gasteiger partial charge in [-0.2, -0.15) is 0 Å². The maximum atomic E-state index is 12.6. The summed E-state index contributed by atoms with van der Waals surface area (Å²) in [4.78, 5) is 0.564. The van der Waals surface area contributed by atoms with Gasteiger partial charge in [0.15, 0.2) is 5.76 Å². The molecule has 24 heavy (non-hydrogen) atoms. The molecule has 3 rings (SSSR count). The van der Waals surface area contributed by atoms with Crippen LogP contribution < -0.4 is 4.31 Å². The van der Waals surface area contributed by atoms with Gasteiger partial charge in [-0.3, -0.25) is 4.31 Å². The summed E-state index contributed by atoms with van der Waals surface area (Å²) in [5.74, 6) is -0.164. The van der Waals surface area contributed by atoms with Crippen LogP contribution in [0.5, 0.6) is 0 Å². The summed E-state index contributed by atoms with van der Waals surface area (Å²) < 4.78 is 26.5. The predicted octanol–water partition coefficient (Wildman–Crippen LogP) is 4.69. The largest absolute Gasteiger partial charge is 0.505 e. The minimum atomic E-state index is -3.74. The van der Waals surface area contributed by atoms with Crippen LogP contribution in [0.15, 0.2) is 35.7 Å². The molecule has 1 aromatic heterocycles. The van der Waals surface area contributed by atoms with Gasteiger partial charge >= 0.3 is 0 Å². The molecule has 1 aromatic carbocycles. The minimum Gasteiger partial charge on any atom is -0.505 e. The van der Waals surface area contributed by atoms with Crippen LogP contribution in [-0.4, -0.2) is 20.6 Å². The number of aliphatic hydroxyl groups excluding tert-OH is 1. The van der Waals surface area contributed by atoms with Crippen molar-refractivity contribution >= 4 is 37.7 Å². The van der Waals surface area contributed by atoms with Crippen molar-refractivity contribution in [1.29, 1.82) is 0 Å². The van der Waals surface area contributed by atoms with Crippen LogP contribution in [0.4, 0.5) is 5.69 Å². The smallest absolute Gasteiger partial charge is 0.268 e. The molecule has 1 aliphatic heterocycles. The number of rotatable bonds is 1. The van der Waals surface area contributed by atoms with Crippen LogP contribution in [0.25, 0.3) is 10.7 Å². The standard InChI is InChI=1S/C14H13NO3S2.C2H6.CH3.Y/c1-9-5-3-4-6-10(9)14-12(16)13-11(7-8-19-13)15(2)20(14,17)18;1-2;;/h3-8,16H,1-2H3;1-2H3;1H3;/q;;-1;. The van der Waals surface area contributed by atoms with Crippen molar-refractivity contribution in [2.75, 3.05) is 11.4 Å². The molecule has 0 bridgehead atoms. The summed E-state index contributed by atoms with van der Waals surface area (Å²) in [6.07, 6.45) is 0. The Morgan fingerprint density at radius 2 is 1.71 bits per heavy atom. The fourth-order valence-electron chi connectivity index (χ4n) is 2.31. The Balaban J connectivity index is 0.00000128. The molecule has 7 heteroatoms. The Labute approximate surface area is 174 Å². The topological polar surface area (TPSA) is 57.6 Å². The number of thiophene rings is 1. The van der Waals surface area contributed by atoms with Gasteiger partial charge in [0.1, 0.15) is 4.91 Å². The van der Waals surface area contributed by atoms with Crippen LogP contribution in [0.3, 0.4) is 0 Å². The molecule has 0 saturated heterocycles. The Kier molecular flexibility index (Phi) is 8.87. The van der Waals surface area contributed by atoms with Gasteiger partial charge in [-0.1, -0.05) is 38.1 Å². The van der Waals surface area contributed by atoms with Crippen molar-refractivity contribution in [2.45, 2.75) is 20.8 Å². The van der Waals surface area contributed by atoms with Crippen molar-refractivity contribution in [1.82, 2.24) is 0 Å². The van der Waals surface area contributed by atoms with Gasteiger partial charge in [-0.15, -0.1) is 11.3 Å². The summed E-state index contributed by atoms with van der Waals surface area (Å²) in [5, 5.41) is 12.2. The van der Waals surface area contributed by atoms with Crippen LogP contribution in [0.2, 0.25) is 0 Å². The van der Waals surface area contributed by atoms with E-state index in [4.69, 9.17) is 0 Å². The van der Waals surface area contributed by atoms with Gasteiger partial charge in [0, 0.05) is 45.3 Å². The second kappa shape index (κ2) is 9.13. The molecule has 1 N–H and O–H groups in total. The van der Waals surface area contributed by atoms with Gasteiger partial charge in [0.2, 0.25) is 0 Å². The zero-order valence-electron chi connectivity index (χ0n) is 14.6. The van der Waals surface area contributed by atoms with Crippen molar-refractivity contribution in [3.05, 3.63) is 59.1 Å². The van der Waals surface area contributed by atoms with E-state index in [1.165, 1.54) is 22.7 Å². The molecule has 0 aliphatic carbocycles. The van der Waals surface area contributed by atoms with Crippen molar-refractivity contribution in [2.24, 2.45) is 0 Å². The molecule has 2 aromatic rings. The van der Waals surface area contributed by atoms with Crippen LogP contribution >= 0.6 is 11.3 Å². The summed E-state index contributed by atoms with van der Waals surface area (Å²) in [5.41, 5.74) is 1.87. The first-order valence-corrected chi connectivity index (χ1v) is 9.32. The Bertz CT molecular complexity index is 826. The molecule has 129 valence electrons. The minimum absolute atomic E-state index is 0. The fraction of sp³-hybridized carbons (Fsp3) is 0.235. The van der Waals surface area contributed by atoms with E-state index in [1.807, 2.05) is 32.9 Å². The number of anilines is 1. The number of aryl methyl sites for hydroxylation is 1. The molecule has 4 nitrogen and oxygen atoms in total. The fourth-order valence-corrected chi connectivity index (χ4v) is 4.85. The van der Waals surface area contributed by atoms with Gasteiger partial charge in [0.25, 0.3) is 10.0 Å². The Morgan fingerprint density at radius 1 is 1.12 bits per heavy atom. The van der Waals surface area contributed by atoms with Crippen molar-refractivity contribution in [3.63, 3.8) is 0 Å². The van der Waals surface area contributed by atoms with E-state index >= 15 is 0 Å². The number of hydrogen-bond donors (Lipinski definition) is 1. The van der Waals surface area contributed by atoms with Crippen molar-refractivity contribution in [3.8, 4) is 0 Å². The third-order valence-electron chi connectivity index (χ3n) is 3.42. The molecular weight excluding hydrogens is 419 g/mol. The Hall–Kier alpha value is -0.686. The normalized spacial score (nSPS) is 14.6. The summed E-state index contributed by atoms with van der Waals surface area (Å²) >= 11 is 1.33. The molecule has 0 fully saturated rings. The average Bonchev–Trinajstić information content (AvgIpc) is 2.99. The zero-order valence-corrected chi connectivity index (χ0v) is 19.0. The zero-order chi connectivity index (χ0) is 16.5. The summed E-state index contributed by atoms with van der Waals surface area (Å²) in [7, 11) is -2.24. The van der Waals surface area contributed by atoms with E-state index in [1.54, 1.807) is 23.6 Å². The second-order valence-electron chi connectivity index (χ2n) is 4.60. The van der Waals surface area contributed by atoms with E-state index in [9.17, 15) is 13.5 Å². The number of sulfonamides is 1. The molecule has 0 unspecified atom stereocenters. The second-order valence-corrected chi connectivity index (χ2v) is 7.42. The number of hydrogen-bond acceptors (Lipinski definition) is 4. The van der Waals surface area contributed by atoms with Gasteiger partial charge in [-0.25, -0.2) is 8.42 Å². The number of benzene rings is 1. The number of nitrogens with zero attached hydrogens (tertiary/aromatic N) is 1. The average molecular weight is 441 g/mol. The molecule has 1 aliphatic rings. The van der Waals surface area contributed by atoms with Crippen LogP contribution in [-0.2, 0) is 42.7 Å². The van der Waals surface area contributed by atoms with Gasteiger partial charge in [0.05, 0.1) is 10.6 Å². The maximum absolute atomic E-state index is 12.6. The van der Waals surface area contributed by atoms with Crippen LogP contribution in [0.1, 0.15) is 29.9 Å². The third-order valence-corrected chi connectivity index (χ3v) is 6.18. The predicted molar refractivity (Wildman–Crippen MR) is 100 cm³/mol. The number of aliphatic hydroxyl groups is 1. The van der Waals surface area contributed by atoms with Crippen molar-refractivity contribution < 1.29 is 46.2 Å². The van der Waals surface area contributed by atoms with E-state index in [0.717, 1.165) is 5.56 Å². The number of fused-ring (bicyclic) bond motifs is 1. The third kappa shape index (κ3) is 3.77. The van der Waals surface area contributed by atoms with E-state index in [2.05, 4.69) is 0 Å². The first-order chi connectivity index (χ1) is 10.4. The van der Waals surface area contributed by atoms with Gasteiger partial charge in [-0.05, 0) is 23.9 Å². The van der Waals surface area contributed by atoms with E-state index in [-0.39, 0.29) is 50.8 Å². The summed E-state index contributed by atoms with van der Waals surface area (Å²) in [6, 6.07) is 8.84. The molecule has 2 heterocycles. The molecular formula is C17H22NO3S2Y-. The van der Waals surface area contributed by atoms with E-state index in [0.29, 0.717) is 16.1 Å². The SMILES string of the molecule is CC.Cc1ccccc1C1=C(O)c2sccc2N(C)S1(=O)=O.[CH3-].[Y]. The van der Waals surface area contributed by atoms with Crippen LogP contribution in [0, 0.1) is 14.4 Å². The molecule has 1 radical (unpaired) electrons. The molecule has 0 saturated carbocycles. The molecule has 0 spiro atoms. The quantitative estimate of drug-likeness (QED) is 0.653. The monoisotopic (exact) mass is 441 g/mol. The molecule has 0 atom stereocenters. The first-order valence-electron chi connectivity index (χ1n) is 7.00. The Morgan fingerprint density at radius 3 is 2.29 bits per heavy atom. The van der Waals surface area contributed by atoms with E-state index < -0.39 is 10.0 Å². The molecule has 0 amide bonds. The van der Waals surface area contributed by atoms with Gasteiger partial charge < -0.3 is 12.5 Å². The first kappa shape index (κ1) is 23.3. The summed E-state index contributed by atoms with van der Waals surface area (Å²) in [6.45, 7) is 5.83. The maximum Gasteiger partial charge on any atom is 0.268 e.